The summed E-state index contributed by atoms with van der Waals surface area (Å²) >= 11 is 0. The molecule has 22 rings (SSSR count). The van der Waals surface area contributed by atoms with Crippen molar-refractivity contribution in [1.82, 2.24) is 27.4 Å². The van der Waals surface area contributed by atoms with Crippen LogP contribution in [0, 0.1) is 0 Å². The minimum atomic E-state index is -0.155. The number of aromatic nitrogens is 6. The van der Waals surface area contributed by atoms with E-state index in [4.69, 9.17) is 0 Å². The van der Waals surface area contributed by atoms with Gasteiger partial charge in [-0.15, -0.1) is 0 Å². The van der Waals surface area contributed by atoms with Gasteiger partial charge in [0.25, 0.3) is 0 Å². The van der Waals surface area contributed by atoms with E-state index in [1.165, 1.54) is 87.2 Å². The lowest BCUT2D eigenvalue weighted by Crippen LogP contribution is -2.22. The fourth-order valence-electron chi connectivity index (χ4n) is 17.6. The highest BCUT2D eigenvalue weighted by Crippen LogP contribution is 2.43. The Kier molecular flexibility index (Phi) is 14.3. The van der Waals surface area contributed by atoms with Gasteiger partial charge in [0.1, 0.15) is 0 Å². The van der Waals surface area contributed by atoms with Crippen LogP contribution >= 0.6 is 0 Å². The third-order valence-electron chi connectivity index (χ3n) is 22.6. The summed E-state index contributed by atoms with van der Waals surface area (Å²) in [5.74, 6) is 0. The lowest BCUT2D eigenvalue weighted by atomic mass is 9.93. The Bertz CT molecular complexity index is 6550. The Labute approximate surface area is 633 Å². The van der Waals surface area contributed by atoms with Crippen LogP contribution in [0.25, 0.3) is 199 Å². The summed E-state index contributed by atoms with van der Waals surface area (Å²) in [5, 5.41) is 9.80. The second-order valence-electron chi connectivity index (χ2n) is 28.8. The van der Waals surface area contributed by atoms with Gasteiger partial charge in [-0.3, -0.25) is 9.13 Å². The Balaban J connectivity index is 0.642. The maximum Gasteiger partial charge on any atom is 0.338 e. The normalized spacial score (nSPS) is 11.9. The highest BCUT2D eigenvalue weighted by Gasteiger charge is 2.22. The smallest absolute Gasteiger partial charge is 0.309 e. The lowest BCUT2D eigenvalue weighted by molar-refractivity contribution is 0.931. The van der Waals surface area contributed by atoms with E-state index in [2.05, 4.69) is 394 Å². The third-order valence-corrected chi connectivity index (χ3v) is 22.6. The van der Waals surface area contributed by atoms with Gasteiger partial charge in [-0.05, 0) is 237 Å². The summed E-state index contributed by atoms with van der Waals surface area (Å²) in [6, 6.07) is 144. The first kappa shape index (κ1) is 62.6. The highest BCUT2D eigenvalue weighted by atomic mass is 16.1. The van der Waals surface area contributed by atoms with Crippen LogP contribution in [-0.4, -0.2) is 27.4 Å². The summed E-state index contributed by atoms with van der Waals surface area (Å²) in [7, 11) is 0. The van der Waals surface area contributed by atoms with Crippen LogP contribution in [0.3, 0.4) is 0 Å². The number of fused-ring (bicyclic) bond motifs is 13. The van der Waals surface area contributed by atoms with Gasteiger partial charge in [-0.1, -0.05) is 231 Å². The summed E-state index contributed by atoms with van der Waals surface area (Å²) in [4.78, 5) is 15.6. The minimum Gasteiger partial charge on any atom is -0.309 e. The molecule has 0 saturated heterocycles. The van der Waals surface area contributed by atoms with Crippen molar-refractivity contribution in [2.45, 2.75) is 0 Å². The molecule has 0 aliphatic carbocycles. The first-order chi connectivity index (χ1) is 54.5. The molecule has 5 aromatic heterocycles. The van der Waals surface area contributed by atoms with E-state index in [-0.39, 0.29) is 5.69 Å². The summed E-state index contributed by atoms with van der Waals surface area (Å²) < 4.78 is 13.3. The zero-order valence-electron chi connectivity index (χ0n) is 59.7. The molecule has 0 radical (unpaired) electrons. The van der Waals surface area contributed by atoms with Gasteiger partial charge in [-0.25, -0.2) is 4.79 Å². The van der Waals surface area contributed by atoms with Gasteiger partial charge in [-0.2, -0.15) is 0 Å². The number of imidazole rings is 1. The van der Waals surface area contributed by atoms with Crippen molar-refractivity contribution >= 4 is 98.3 Å². The number of nitrogens with zero attached hydrogens (tertiary/aromatic N) is 6. The van der Waals surface area contributed by atoms with Crippen molar-refractivity contribution in [2.24, 2.45) is 0 Å². The third kappa shape index (κ3) is 10.1. The molecular weight excluding hydrogens is 1340 g/mol. The first-order valence-electron chi connectivity index (χ1n) is 37.6. The van der Waals surface area contributed by atoms with Crippen molar-refractivity contribution in [2.75, 3.05) is 0 Å². The van der Waals surface area contributed by atoms with E-state index in [0.29, 0.717) is 0 Å². The van der Waals surface area contributed by atoms with Gasteiger partial charge in [0.2, 0.25) is 0 Å². The largest absolute Gasteiger partial charge is 0.338 e. The van der Waals surface area contributed by atoms with Gasteiger partial charge < -0.3 is 18.3 Å². The SMILES string of the molecule is O=c1n(-c2ccc(-c3cc(-c4cccc(-n5c6ccccc6c6ccccc65)c4)cc(-c4cccc(-n5c6ccccc6c6ccccc65)c4)c3)cc2)c2ccccc2n1-c1ccc(-c2cc(-c3cccc(-n4c5ccccc5c5ccccc54)c3)cc(-c3cccc(-n4c5ccccc5c5ccccc54)c3)c2)cc1. The van der Waals surface area contributed by atoms with E-state index in [0.717, 1.165) is 112 Å². The molecular formula is C103H66N6O. The van der Waals surface area contributed by atoms with Crippen LogP contribution in [0.15, 0.2) is 405 Å². The van der Waals surface area contributed by atoms with Crippen LogP contribution in [0.1, 0.15) is 0 Å². The van der Waals surface area contributed by atoms with Crippen molar-refractivity contribution < 1.29 is 0 Å². The molecule has 0 atom stereocenters. The van der Waals surface area contributed by atoms with E-state index < -0.39 is 0 Å². The van der Waals surface area contributed by atoms with E-state index in [9.17, 15) is 0 Å². The van der Waals surface area contributed by atoms with Gasteiger partial charge in [0.15, 0.2) is 0 Å². The lowest BCUT2D eigenvalue weighted by Gasteiger charge is -2.15. The standard InChI is InChI=1S/C103H66N6O/c110-103-108(79-53-49-67(50-54-79)73-57-75(69-23-19-27-81(63-69)104-93-39-9-1-31-85(93)86-32-2-10-40-94(86)104)61-76(58-73)70-24-20-28-82(64-70)105-95-41-11-3-33-87(95)88-34-4-12-42-96(88)105)101-47-17-18-48-102(101)109(103)80-55-51-68(52-56-80)74-59-77(71-25-21-29-83(65-71)106-97-43-13-5-35-89(97)90-36-6-14-44-98(90)106)62-78(60-74)72-26-22-30-84(66-72)107-99-45-15-7-37-91(99)92-38-8-16-46-100(92)107/h1-66H. The summed E-state index contributed by atoms with van der Waals surface area (Å²) in [6.45, 7) is 0. The molecule has 0 fully saturated rings. The number of hydrogen-bond acceptors (Lipinski definition) is 1. The zero-order valence-corrected chi connectivity index (χ0v) is 59.7. The molecule has 514 valence electrons. The Morgan fingerprint density at radius 1 is 0.127 bits per heavy atom. The average Bonchev–Trinajstić information content (AvgIpc) is 1.68. The molecule has 0 spiro atoms. The fourth-order valence-corrected chi connectivity index (χ4v) is 17.6. The number of rotatable bonds is 12. The molecule has 0 N–H and O–H groups in total. The van der Waals surface area contributed by atoms with Crippen LogP contribution in [0.5, 0.6) is 0 Å². The molecule has 0 unspecified atom stereocenters. The van der Waals surface area contributed by atoms with Gasteiger partial charge >= 0.3 is 5.69 Å². The molecule has 0 aliphatic rings. The molecule has 5 heterocycles. The molecule has 0 aliphatic heterocycles. The zero-order chi connectivity index (χ0) is 72.5. The molecule has 0 bridgehead atoms. The highest BCUT2D eigenvalue weighted by molar-refractivity contribution is 6.13. The maximum atomic E-state index is 15.6. The fraction of sp³-hybridized carbons (Fsp3) is 0. The number of hydrogen-bond donors (Lipinski definition) is 0. The predicted molar refractivity (Wildman–Crippen MR) is 459 cm³/mol. The molecule has 0 saturated carbocycles. The second kappa shape index (κ2) is 25.2. The van der Waals surface area contributed by atoms with Crippen LogP contribution in [0.2, 0.25) is 0 Å². The van der Waals surface area contributed by atoms with E-state index >= 15 is 4.79 Å². The van der Waals surface area contributed by atoms with E-state index in [1.54, 1.807) is 0 Å². The van der Waals surface area contributed by atoms with Gasteiger partial charge in [0.05, 0.1) is 66.5 Å². The van der Waals surface area contributed by atoms with Crippen LogP contribution in [0.4, 0.5) is 0 Å². The molecule has 17 aromatic carbocycles. The molecule has 110 heavy (non-hydrogen) atoms. The maximum absolute atomic E-state index is 15.6. The van der Waals surface area contributed by atoms with Gasteiger partial charge in [0, 0.05) is 65.8 Å². The quantitative estimate of drug-likeness (QED) is 0.120. The van der Waals surface area contributed by atoms with Crippen molar-refractivity contribution in [3.8, 4) is 101 Å². The predicted octanol–water partition coefficient (Wildman–Crippen LogP) is 26.2. The monoisotopic (exact) mass is 1400 g/mol. The van der Waals surface area contributed by atoms with E-state index in [1.807, 2.05) is 33.4 Å². The number of para-hydroxylation sites is 10. The molecule has 0 amide bonds. The minimum absolute atomic E-state index is 0.155. The molecule has 7 heteroatoms. The molecule has 22 aromatic rings. The Morgan fingerprint density at radius 3 is 0.536 bits per heavy atom. The van der Waals surface area contributed by atoms with Crippen LogP contribution < -0.4 is 5.69 Å². The van der Waals surface area contributed by atoms with Crippen molar-refractivity contribution in [1.29, 1.82) is 0 Å². The Hall–Kier alpha value is -14.8. The average molecular weight is 1400 g/mol. The summed E-state index contributed by atoms with van der Waals surface area (Å²) in [5.41, 5.74) is 29.6. The number of benzene rings is 17. The second-order valence-corrected chi connectivity index (χ2v) is 28.8. The van der Waals surface area contributed by atoms with Crippen molar-refractivity contribution in [3.05, 3.63) is 411 Å². The Morgan fingerprint density at radius 2 is 0.318 bits per heavy atom. The first-order valence-corrected chi connectivity index (χ1v) is 37.6. The summed E-state index contributed by atoms with van der Waals surface area (Å²) in [6.07, 6.45) is 0. The van der Waals surface area contributed by atoms with Crippen LogP contribution in [-0.2, 0) is 0 Å². The molecule has 7 nitrogen and oxygen atoms in total. The van der Waals surface area contributed by atoms with Crippen molar-refractivity contribution in [3.63, 3.8) is 0 Å². The topological polar surface area (TPSA) is 46.6 Å².